The summed E-state index contributed by atoms with van der Waals surface area (Å²) >= 11 is 0. The van der Waals surface area contributed by atoms with Crippen LogP contribution < -0.4 is 0 Å². The second-order valence-electron chi connectivity index (χ2n) is 5.70. The zero-order valence-corrected chi connectivity index (χ0v) is 12.7. The second-order valence-corrected chi connectivity index (χ2v) is 5.70. The molecule has 21 heavy (non-hydrogen) atoms. The fraction of sp³-hybridized carbons (Fsp3) is 0.438. The highest BCUT2D eigenvalue weighted by atomic mass is 19.1. The minimum Gasteiger partial charge on any atom is -0.365 e. The fourth-order valence-electron chi connectivity index (χ4n) is 2.72. The number of rotatable bonds is 4. The summed E-state index contributed by atoms with van der Waals surface area (Å²) in [6.45, 7) is 7.60. The van der Waals surface area contributed by atoms with E-state index in [9.17, 15) is 14.3 Å². The van der Waals surface area contributed by atoms with Gasteiger partial charge in [-0.15, -0.1) is 0 Å². The predicted octanol–water partition coefficient (Wildman–Crippen LogP) is 2.92. The number of aliphatic hydroxyl groups is 1. The molecule has 1 aromatic carbocycles. The third-order valence-corrected chi connectivity index (χ3v) is 3.56. The van der Waals surface area contributed by atoms with E-state index in [1.54, 1.807) is 23.1 Å². The monoisotopic (exact) mass is 292 g/mol. The van der Waals surface area contributed by atoms with Crippen molar-refractivity contribution in [1.29, 1.82) is 0 Å². The molecule has 1 unspecified atom stereocenters. The minimum atomic E-state index is -1.35. The molecule has 1 aromatic heterocycles. The van der Waals surface area contributed by atoms with Gasteiger partial charge in [0.1, 0.15) is 5.82 Å². The standard InChI is InChI=1S/C16H21FN2O2/c1-10(2)19(11(3)4)16(21)15(20)18-9-8-12-13(17)6-5-7-14(12)18/h5-11,15,20H,1-4H3. The average molecular weight is 292 g/mol. The van der Waals surface area contributed by atoms with Crippen LogP contribution in [0.15, 0.2) is 30.5 Å². The van der Waals surface area contributed by atoms with E-state index in [0.29, 0.717) is 10.9 Å². The quantitative estimate of drug-likeness (QED) is 0.941. The van der Waals surface area contributed by atoms with E-state index in [2.05, 4.69) is 0 Å². The lowest BCUT2D eigenvalue weighted by Gasteiger charge is -2.32. The number of nitrogens with zero attached hydrogens (tertiary/aromatic N) is 2. The molecule has 0 saturated carbocycles. The molecule has 4 nitrogen and oxygen atoms in total. The van der Waals surface area contributed by atoms with Gasteiger partial charge in [-0.05, 0) is 45.9 Å². The highest BCUT2D eigenvalue weighted by Crippen LogP contribution is 2.23. The Kier molecular flexibility index (Phi) is 4.32. The Hall–Kier alpha value is -1.88. The third-order valence-electron chi connectivity index (χ3n) is 3.56. The highest BCUT2D eigenvalue weighted by molar-refractivity contribution is 5.85. The number of carbonyl (C=O) groups excluding carboxylic acids is 1. The number of fused-ring (bicyclic) bond motifs is 1. The van der Waals surface area contributed by atoms with E-state index < -0.39 is 6.23 Å². The van der Waals surface area contributed by atoms with Gasteiger partial charge in [0.2, 0.25) is 6.23 Å². The van der Waals surface area contributed by atoms with Crippen LogP contribution in [0.3, 0.4) is 0 Å². The zero-order chi connectivity index (χ0) is 15.7. The summed E-state index contributed by atoms with van der Waals surface area (Å²) < 4.78 is 15.1. The molecule has 0 saturated heterocycles. The number of aliphatic hydroxyl groups excluding tert-OH is 1. The maximum absolute atomic E-state index is 13.7. The van der Waals surface area contributed by atoms with Crippen molar-refractivity contribution in [1.82, 2.24) is 9.47 Å². The first-order chi connectivity index (χ1) is 9.84. The maximum atomic E-state index is 13.7. The molecule has 1 N–H and O–H groups in total. The van der Waals surface area contributed by atoms with Crippen molar-refractivity contribution in [2.75, 3.05) is 0 Å². The summed E-state index contributed by atoms with van der Waals surface area (Å²) in [5.41, 5.74) is 0.503. The molecule has 1 atom stereocenters. The van der Waals surface area contributed by atoms with E-state index >= 15 is 0 Å². The second kappa shape index (κ2) is 5.85. The van der Waals surface area contributed by atoms with Crippen molar-refractivity contribution in [3.63, 3.8) is 0 Å². The summed E-state index contributed by atoms with van der Waals surface area (Å²) in [5.74, 6) is -0.753. The van der Waals surface area contributed by atoms with Crippen LogP contribution in [0.25, 0.3) is 10.9 Å². The Labute approximate surface area is 123 Å². The topological polar surface area (TPSA) is 45.5 Å². The van der Waals surface area contributed by atoms with Crippen molar-refractivity contribution >= 4 is 16.8 Å². The molecule has 0 radical (unpaired) electrons. The van der Waals surface area contributed by atoms with Crippen molar-refractivity contribution in [3.8, 4) is 0 Å². The number of aromatic nitrogens is 1. The van der Waals surface area contributed by atoms with E-state index in [1.807, 2.05) is 27.7 Å². The van der Waals surface area contributed by atoms with Crippen LogP contribution in [0.2, 0.25) is 0 Å². The SMILES string of the molecule is CC(C)N(C(=O)C(O)n1ccc2c(F)cccc21)C(C)C. The van der Waals surface area contributed by atoms with Gasteiger partial charge in [-0.2, -0.15) is 0 Å². The zero-order valence-electron chi connectivity index (χ0n) is 12.7. The van der Waals surface area contributed by atoms with Gasteiger partial charge in [0, 0.05) is 23.7 Å². The molecule has 1 heterocycles. The Bertz CT molecular complexity index is 641. The molecule has 1 amide bonds. The lowest BCUT2D eigenvalue weighted by Crippen LogP contribution is -2.45. The minimum absolute atomic E-state index is 0.0225. The van der Waals surface area contributed by atoms with E-state index in [1.165, 1.54) is 16.8 Å². The molecule has 5 heteroatoms. The van der Waals surface area contributed by atoms with Crippen LogP contribution in [0, 0.1) is 5.82 Å². The normalized spacial score (nSPS) is 13.1. The highest BCUT2D eigenvalue weighted by Gasteiger charge is 2.28. The van der Waals surface area contributed by atoms with E-state index in [0.717, 1.165) is 0 Å². The largest absolute Gasteiger partial charge is 0.365 e. The summed E-state index contributed by atoms with van der Waals surface area (Å²) in [7, 11) is 0. The lowest BCUT2D eigenvalue weighted by atomic mass is 10.2. The van der Waals surface area contributed by atoms with Crippen molar-refractivity contribution in [3.05, 3.63) is 36.3 Å². The first kappa shape index (κ1) is 15.5. The van der Waals surface area contributed by atoms with Gasteiger partial charge in [0.15, 0.2) is 0 Å². The number of benzene rings is 1. The van der Waals surface area contributed by atoms with Crippen LogP contribution in [0.4, 0.5) is 4.39 Å². The lowest BCUT2D eigenvalue weighted by molar-refractivity contribution is -0.148. The molecule has 0 aliphatic carbocycles. The summed E-state index contributed by atoms with van der Waals surface area (Å²) in [5, 5.41) is 10.8. The van der Waals surface area contributed by atoms with Gasteiger partial charge in [0.25, 0.3) is 5.91 Å². The molecular weight excluding hydrogens is 271 g/mol. The summed E-state index contributed by atoms with van der Waals surface area (Å²) in [6, 6.07) is 6.13. The van der Waals surface area contributed by atoms with Crippen LogP contribution in [-0.2, 0) is 4.79 Å². The maximum Gasteiger partial charge on any atom is 0.273 e. The van der Waals surface area contributed by atoms with Gasteiger partial charge >= 0.3 is 0 Å². The summed E-state index contributed by atoms with van der Waals surface area (Å²) in [4.78, 5) is 14.1. The molecule has 0 spiro atoms. The van der Waals surface area contributed by atoms with Gasteiger partial charge in [0.05, 0.1) is 5.52 Å². The van der Waals surface area contributed by atoms with Crippen LogP contribution in [0.1, 0.15) is 33.9 Å². The number of hydrogen-bond donors (Lipinski definition) is 1. The molecule has 2 rings (SSSR count). The Morgan fingerprint density at radius 1 is 1.19 bits per heavy atom. The molecular formula is C16H21FN2O2. The average Bonchev–Trinajstić information content (AvgIpc) is 2.82. The molecule has 0 bridgehead atoms. The van der Waals surface area contributed by atoms with Crippen molar-refractivity contribution < 1.29 is 14.3 Å². The summed E-state index contributed by atoms with van der Waals surface area (Å²) in [6.07, 6.45) is 0.184. The third kappa shape index (κ3) is 2.78. The molecule has 2 aromatic rings. The number of hydrogen-bond acceptors (Lipinski definition) is 2. The van der Waals surface area contributed by atoms with Crippen LogP contribution >= 0.6 is 0 Å². The van der Waals surface area contributed by atoms with Gasteiger partial charge in [-0.1, -0.05) is 6.07 Å². The van der Waals surface area contributed by atoms with Gasteiger partial charge in [-0.3, -0.25) is 4.79 Å². The van der Waals surface area contributed by atoms with Crippen LogP contribution in [0.5, 0.6) is 0 Å². The predicted molar refractivity (Wildman–Crippen MR) is 80.3 cm³/mol. The molecule has 0 fully saturated rings. The number of carbonyl (C=O) groups is 1. The first-order valence-electron chi connectivity index (χ1n) is 7.10. The fourth-order valence-corrected chi connectivity index (χ4v) is 2.72. The number of amides is 1. The number of halogens is 1. The molecule has 0 aliphatic rings. The van der Waals surface area contributed by atoms with Crippen molar-refractivity contribution in [2.45, 2.75) is 46.0 Å². The smallest absolute Gasteiger partial charge is 0.273 e. The van der Waals surface area contributed by atoms with Gasteiger partial charge < -0.3 is 14.6 Å². The van der Waals surface area contributed by atoms with E-state index in [4.69, 9.17) is 0 Å². The Morgan fingerprint density at radius 2 is 1.81 bits per heavy atom. The molecule has 114 valence electrons. The molecule has 0 aliphatic heterocycles. The Balaban J connectivity index is 2.40. The van der Waals surface area contributed by atoms with Crippen molar-refractivity contribution in [2.24, 2.45) is 0 Å². The first-order valence-corrected chi connectivity index (χ1v) is 7.10. The Morgan fingerprint density at radius 3 is 2.38 bits per heavy atom. The van der Waals surface area contributed by atoms with E-state index in [-0.39, 0.29) is 23.8 Å². The van der Waals surface area contributed by atoms with Crippen LogP contribution in [-0.4, -0.2) is 32.6 Å². The van der Waals surface area contributed by atoms with Gasteiger partial charge in [-0.25, -0.2) is 4.39 Å².